The minimum Gasteiger partial charge on any atom is -0.353 e. The molecule has 0 radical (unpaired) electrons. The lowest BCUT2D eigenvalue weighted by Crippen LogP contribution is -2.60. The standard InChI is InChI=1S/C19H21N7O4S2/c20-4-6-25(9-14-15(27)10-31-18(14)28)32(29,30)26-8-7-24(11-19(26)2-3-19)17-13-1-5-21-16(13)22-12-23-17/h1,5,12,14H,2-3,6-11H2,(H,21,22,23). The second-order valence-electron chi connectivity index (χ2n) is 8.24. The number of H-pyrrole nitrogens is 1. The van der Waals surface area contributed by atoms with Gasteiger partial charge in [-0.1, -0.05) is 11.8 Å². The summed E-state index contributed by atoms with van der Waals surface area (Å²) in [5, 5.41) is 9.79. The molecule has 0 bridgehead atoms. The topological polar surface area (TPSA) is 143 Å². The average Bonchev–Trinajstić information content (AvgIpc) is 3.21. The predicted octanol–water partition coefficient (Wildman–Crippen LogP) is 0.142. The number of aromatic nitrogens is 3. The maximum absolute atomic E-state index is 13.6. The Morgan fingerprint density at radius 2 is 2.12 bits per heavy atom. The van der Waals surface area contributed by atoms with E-state index in [4.69, 9.17) is 0 Å². The number of nitrogens with zero attached hydrogens (tertiary/aromatic N) is 6. The fourth-order valence-electron chi connectivity index (χ4n) is 4.48. The number of ketones is 1. The Morgan fingerprint density at radius 1 is 1.31 bits per heavy atom. The Morgan fingerprint density at radius 3 is 2.81 bits per heavy atom. The van der Waals surface area contributed by atoms with Crippen LogP contribution in [0.5, 0.6) is 0 Å². The number of aromatic amines is 1. The molecule has 1 atom stereocenters. The number of carbonyl (C=O) groups excluding carboxylic acids is 2. The molecule has 11 nitrogen and oxygen atoms in total. The van der Waals surface area contributed by atoms with Crippen molar-refractivity contribution in [3.05, 3.63) is 18.6 Å². The first-order valence-electron chi connectivity index (χ1n) is 10.2. The molecule has 2 aliphatic heterocycles. The van der Waals surface area contributed by atoms with Gasteiger partial charge in [-0.05, 0) is 18.9 Å². The Hall–Kier alpha value is -2.53. The van der Waals surface area contributed by atoms with E-state index >= 15 is 0 Å². The van der Waals surface area contributed by atoms with Gasteiger partial charge in [-0.25, -0.2) is 9.97 Å². The van der Waals surface area contributed by atoms with Crippen molar-refractivity contribution in [2.45, 2.75) is 18.4 Å². The third kappa shape index (κ3) is 3.47. The van der Waals surface area contributed by atoms with E-state index in [1.807, 2.05) is 12.1 Å². The minimum absolute atomic E-state index is 0.0547. The number of thioether (sulfide) groups is 1. The van der Waals surface area contributed by atoms with Gasteiger partial charge in [0, 0.05) is 32.4 Å². The molecule has 5 rings (SSSR count). The van der Waals surface area contributed by atoms with Crippen molar-refractivity contribution in [1.29, 1.82) is 5.26 Å². The molecule has 0 amide bonds. The molecule has 32 heavy (non-hydrogen) atoms. The molecule has 3 aliphatic rings. The summed E-state index contributed by atoms with van der Waals surface area (Å²) in [4.78, 5) is 37.9. The molecule has 1 unspecified atom stereocenters. The summed E-state index contributed by atoms with van der Waals surface area (Å²) in [5.74, 6) is -0.488. The lowest BCUT2D eigenvalue weighted by molar-refractivity contribution is -0.125. The van der Waals surface area contributed by atoms with Gasteiger partial charge in [0.25, 0.3) is 10.2 Å². The van der Waals surface area contributed by atoms with Gasteiger partial charge in [-0.3, -0.25) is 9.59 Å². The second-order valence-corrected chi connectivity index (χ2v) is 11.1. The molecule has 2 aromatic heterocycles. The molecule has 1 spiro atoms. The molecule has 168 valence electrons. The van der Waals surface area contributed by atoms with Crippen LogP contribution < -0.4 is 4.90 Å². The second kappa shape index (κ2) is 7.80. The first-order valence-corrected chi connectivity index (χ1v) is 12.6. The van der Waals surface area contributed by atoms with Crippen molar-refractivity contribution in [2.75, 3.05) is 43.4 Å². The number of piperazine rings is 1. The number of carbonyl (C=O) groups is 2. The van der Waals surface area contributed by atoms with Gasteiger partial charge in [0.05, 0.1) is 22.7 Å². The number of anilines is 1. The third-order valence-electron chi connectivity index (χ3n) is 6.31. The molecule has 1 saturated carbocycles. The van der Waals surface area contributed by atoms with Crippen LogP contribution in [0.15, 0.2) is 18.6 Å². The van der Waals surface area contributed by atoms with Crippen LogP contribution in [0.25, 0.3) is 11.0 Å². The molecule has 0 aromatic carbocycles. The zero-order chi connectivity index (χ0) is 22.5. The monoisotopic (exact) mass is 475 g/mol. The van der Waals surface area contributed by atoms with Gasteiger partial charge >= 0.3 is 0 Å². The fraction of sp³-hybridized carbons (Fsp3) is 0.526. The zero-order valence-corrected chi connectivity index (χ0v) is 18.7. The molecule has 1 aliphatic carbocycles. The predicted molar refractivity (Wildman–Crippen MR) is 117 cm³/mol. The highest BCUT2D eigenvalue weighted by atomic mass is 32.2. The highest BCUT2D eigenvalue weighted by molar-refractivity contribution is 8.15. The van der Waals surface area contributed by atoms with Crippen LogP contribution in [0.4, 0.5) is 5.82 Å². The van der Waals surface area contributed by atoms with Gasteiger partial charge in [0.15, 0.2) is 5.78 Å². The first-order chi connectivity index (χ1) is 15.4. The van der Waals surface area contributed by atoms with Crippen LogP contribution in [0.2, 0.25) is 0 Å². The lowest BCUT2D eigenvalue weighted by Gasteiger charge is -2.43. The molecular formula is C19H21N7O4S2. The van der Waals surface area contributed by atoms with Crippen LogP contribution in [-0.2, 0) is 19.8 Å². The van der Waals surface area contributed by atoms with Crippen LogP contribution >= 0.6 is 11.8 Å². The number of Topliss-reactive ketones (excluding diaryl/α,β-unsaturated/α-hetero) is 1. The van der Waals surface area contributed by atoms with Gasteiger partial charge in [-0.15, -0.1) is 0 Å². The van der Waals surface area contributed by atoms with Gasteiger partial charge < -0.3 is 9.88 Å². The smallest absolute Gasteiger partial charge is 0.283 e. The SMILES string of the molecule is N#CCN(CC1C(=O)CSC1=O)S(=O)(=O)N1CCN(c2ncnc3[nH]ccc23)CC12CC2. The van der Waals surface area contributed by atoms with E-state index in [0.717, 1.165) is 32.9 Å². The molecule has 1 N–H and O–H groups in total. The van der Waals surface area contributed by atoms with Crippen LogP contribution in [0.1, 0.15) is 12.8 Å². The van der Waals surface area contributed by atoms with Crippen molar-refractivity contribution in [3.63, 3.8) is 0 Å². The van der Waals surface area contributed by atoms with E-state index < -0.39 is 28.2 Å². The van der Waals surface area contributed by atoms with Crippen LogP contribution in [0, 0.1) is 17.2 Å². The number of nitrogens with one attached hydrogen (secondary N) is 1. The van der Waals surface area contributed by atoms with Crippen LogP contribution in [0.3, 0.4) is 0 Å². The van der Waals surface area contributed by atoms with Crippen molar-refractivity contribution in [1.82, 2.24) is 23.6 Å². The summed E-state index contributed by atoms with van der Waals surface area (Å²) in [6, 6.07) is 3.77. The number of rotatable bonds is 6. The fourth-order valence-corrected chi connectivity index (χ4v) is 7.25. The summed E-state index contributed by atoms with van der Waals surface area (Å²) in [6.45, 7) is 0.432. The lowest BCUT2D eigenvalue weighted by atomic mass is 10.1. The largest absolute Gasteiger partial charge is 0.353 e. The van der Waals surface area contributed by atoms with E-state index in [1.165, 1.54) is 10.6 Å². The Balaban J connectivity index is 1.40. The molecule has 13 heteroatoms. The van der Waals surface area contributed by atoms with Crippen molar-refractivity contribution >= 4 is 49.7 Å². The number of fused-ring (bicyclic) bond motifs is 1. The highest BCUT2D eigenvalue weighted by Crippen LogP contribution is 2.47. The molecule has 2 saturated heterocycles. The molecular weight excluding hydrogens is 454 g/mol. The first kappa shape index (κ1) is 21.3. The number of nitriles is 1. The van der Waals surface area contributed by atoms with E-state index in [-0.39, 0.29) is 29.7 Å². The number of hydrogen-bond donors (Lipinski definition) is 1. The van der Waals surface area contributed by atoms with Crippen molar-refractivity contribution in [3.8, 4) is 6.07 Å². The number of hydrogen-bond acceptors (Lipinski definition) is 9. The van der Waals surface area contributed by atoms with E-state index in [1.54, 1.807) is 6.20 Å². The van der Waals surface area contributed by atoms with Crippen molar-refractivity contribution < 1.29 is 18.0 Å². The zero-order valence-electron chi connectivity index (χ0n) is 17.1. The maximum atomic E-state index is 13.6. The summed E-state index contributed by atoms with van der Waals surface area (Å²) >= 11 is 0.904. The molecule has 2 aromatic rings. The van der Waals surface area contributed by atoms with Gasteiger partial charge in [0.1, 0.15) is 30.3 Å². The Kier molecular flexibility index (Phi) is 5.20. The summed E-state index contributed by atoms with van der Waals surface area (Å²) < 4.78 is 29.6. The van der Waals surface area contributed by atoms with Gasteiger partial charge in [0.2, 0.25) is 5.12 Å². The minimum atomic E-state index is -4.04. The molecule has 4 heterocycles. The summed E-state index contributed by atoms with van der Waals surface area (Å²) in [6.07, 6.45) is 4.67. The van der Waals surface area contributed by atoms with E-state index in [0.29, 0.717) is 25.9 Å². The van der Waals surface area contributed by atoms with Crippen molar-refractivity contribution in [2.24, 2.45) is 5.92 Å². The summed E-state index contributed by atoms with van der Waals surface area (Å²) in [7, 11) is -4.04. The quantitative estimate of drug-likeness (QED) is 0.456. The van der Waals surface area contributed by atoms with E-state index in [2.05, 4.69) is 19.9 Å². The third-order valence-corrected chi connectivity index (χ3v) is 9.37. The normalized spacial score (nSPS) is 23.4. The maximum Gasteiger partial charge on any atom is 0.283 e. The van der Waals surface area contributed by atoms with Crippen LogP contribution in [-0.4, -0.2) is 86.9 Å². The Labute approximate surface area is 189 Å². The average molecular weight is 476 g/mol. The highest BCUT2D eigenvalue weighted by Gasteiger charge is 2.57. The summed E-state index contributed by atoms with van der Waals surface area (Å²) in [5.41, 5.74) is 0.135. The Bertz CT molecular complexity index is 1220. The van der Waals surface area contributed by atoms with E-state index in [9.17, 15) is 23.3 Å². The molecule has 3 fully saturated rings. The van der Waals surface area contributed by atoms with Gasteiger partial charge in [-0.2, -0.15) is 22.3 Å².